The van der Waals surface area contributed by atoms with Gasteiger partial charge in [0.05, 0.1) is 0 Å². The number of nitrogens with one attached hydrogen (secondary N) is 1. The number of hydrogen-bond donors (Lipinski definition) is 1. The van der Waals surface area contributed by atoms with Crippen molar-refractivity contribution in [3.05, 3.63) is 0 Å². The first-order chi connectivity index (χ1) is 7.18. The SMILES string of the molecule is CC1CCN(C(=O)C(C)C2CNC2)CC1.Cl. The Labute approximate surface area is 104 Å². The molecule has 0 aromatic rings. The van der Waals surface area contributed by atoms with E-state index < -0.39 is 0 Å². The average Bonchev–Trinajstić information content (AvgIpc) is 2.15. The van der Waals surface area contributed by atoms with Crippen LogP contribution in [0.1, 0.15) is 26.7 Å². The van der Waals surface area contributed by atoms with Gasteiger partial charge in [-0.05, 0) is 37.8 Å². The Kier molecular flexibility index (Phi) is 5.06. The van der Waals surface area contributed by atoms with Gasteiger partial charge in [-0.3, -0.25) is 4.79 Å². The molecule has 1 N–H and O–H groups in total. The molecular weight excluding hydrogens is 224 g/mol. The van der Waals surface area contributed by atoms with Crippen molar-refractivity contribution < 1.29 is 4.79 Å². The maximum Gasteiger partial charge on any atom is 0.225 e. The lowest BCUT2D eigenvalue weighted by molar-refractivity contribution is -0.138. The minimum absolute atomic E-state index is 0. The Morgan fingerprint density at radius 1 is 1.31 bits per heavy atom. The molecule has 1 atom stereocenters. The van der Waals surface area contributed by atoms with Crippen LogP contribution in [0.3, 0.4) is 0 Å². The number of carbonyl (C=O) groups is 1. The van der Waals surface area contributed by atoms with Gasteiger partial charge in [-0.1, -0.05) is 13.8 Å². The lowest BCUT2D eigenvalue weighted by Crippen LogP contribution is -2.51. The van der Waals surface area contributed by atoms with E-state index in [1.54, 1.807) is 0 Å². The zero-order valence-electron chi connectivity index (χ0n) is 10.2. The highest BCUT2D eigenvalue weighted by Gasteiger charge is 2.32. The molecule has 0 spiro atoms. The Balaban J connectivity index is 0.00000128. The molecular formula is C12H23ClN2O. The van der Waals surface area contributed by atoms with Crippen LogP contribution in [-0.4, -0.2) is 37.0 Å². The van der Waals surface area contributed by atoms with Crippen LogP contribution in [0, 0.1) is 17.8 Å². The monoisotopic (exact) mass is 246 g/mol. The van der Waals surface area contributed by atoms with Crippen molar-refractivity contribution in [2.75, 3.05) is 26.2 Å². The van der Waals surface area contributed by atoms with Crippen LogP contribution in [0.15, 0.2) is 0 Å². The summed E-state index contributed by atoms with van der Waals surface area (Å²) in [4.78, 5) is 14.2. The van der Waals surface area contributed by atoms with Crippen molar-refractivity contribution in [1.29, 1.82) is 0 Å². The number of rotatable bonds is 2. The first kappa shape index (κ1) is 13.8. The molecule has 0 aromatic carbocycles. The number of halogens is 1. The number of carbonyl (C=O) groups excluding carboxylic acids is 1. The summed E-state index contributed by atoms with van der Waals surface area (Å²) < 4.78 is 0. The van der Waals surface area contributed by atoms with Gasteiger partial charge in [0, 0.05) is 19.0 Å². The molecule has 0 aromatic heterocycles. The molecule has 3 nitrogen and oxygen atoms in total. The van der Waals surface area contributed by atoms with Gasteiger partial charge in [0.15, 0.2) is 0 Å². The van der Waals surface area contributed by atoms with Crippen LogP contribution in [-0.2, 0) is 4.79 Å². The molecule has 2 aliphatic heterocycles. The zero-order chi connectivity index (χ0) is 10.8. The molecule has 2 rings (SSSR count). The molecule has 1 amide bonds. The van der Waals surface area contributed by atoms with Crippen LogP contribution in [0.4, 0.5) is 0 Å². The molecule has 0 radical (unpaired) electrons. The summed E-state index contributed by atoms with van der Waals surface area (Å²) in [5.74, 6) is 1.99. The smallest absolute Gasteiger partial charge is 0.225 e. The molecule has 0 aliphatic carbocycles. The maximum atomic E-state index is 12.1. The lowest BCUT2D eigenvalue weighted by Gasteiger charge is -2.37. The van der Waals surface area contributed by atoms with Crippen LogP contribution in [0.5, 0.6) is 0 Å². The number of hydrogen-bond acceptors (Lipinski definition) is 2. The van der Waals surface area contributed by atoms with Crippen molar-refractivity contribution in [3.63, 3.8) is 0 Å². The molecule has 1 unspecified atom stereocenters. The van der Waals surface area contributed by atoms with Crippen molar-refractivity contribution >= 4 is 18.3 Å². The molecule has 16 heavy (non-hydrogen) atoms. The Hall–Kier alpha value is -0.280. The number of nitrogens with zero attached hydrogens (tertiary/aromatic N) is 1. The largest absolute Gasteiger partial charge is 0.342 e. The Morgan fingerprint density at radius 2 is 1.88 bits per heavy atom. The number of likely N-dealkylation sites (tertiary alicyclic amines) is 1. The van der Waals surface area contributed by atoms with Crippen LogP contribution in [0.2, 0.25) is 0 Å². The molecule has 0 saturated carbocycles. The molecule has 2 saturated heterocycles. The van der Waals surface area contributed by atoms with E-state index in [0.29, 0.717) is 11.8 Å². The van der Waals surface area contributed by atoms with E-state index in [4.69, 9.17) is 0 Å². The fourth-order valence-electron chi connectivity index (χ4n) is 2.38. The summed E-state index contributed by atoms with van der Waals surface area (Å²) in [5.41, 5.74) is 0. The van der Waals surface area contributed by atoms with E-state index in [9.17, 15) is 4.79 Å². The van der Waals surface area contributed by atoms with Crippen LogP contribution >= 0.6 is 12.4 Å². The summed E-state index contributed by atoms with van der Waals surface area (Å²) in [6, 6.07) is 0. The van der Waals surface area contributed by atoms with E-state index >= 15 is 0 Å². The summed E-state index contributed by atoms with van der Waals surface area (Å²) in [6.45, 7) is 8.37. The van der Waals surface area contributed by atoms with Gasteiger partial charge in [0.2, 0.25) is 5.91 Å². The van der Waals surface area contributed by atoms with E-state index in [-0.39, 0.29) is 18.3 Å². The normalized spacial score (nSPS) is 24.5. The fraction of sp³-hybridized carbons (Fsp3) is 0.917. The molecule has 2 fully saturated rings. The quantitative estimate of drug-likeness (QED) is 0.802. The topological polar surface area (TPSA) is 32.3 Å². The van der Waals surface area contributed by atoms with Gasteiger partial charge in [-0.15, -0.1) is 12.4 Å². The molecule has 94 valence electrons. The van der Waals surface area contributed by atoms with Gasteiger partial charge in [-0.25, -0.2) is 0 Å². The predicted molar refractivity (Wildman–Crippen MR) is 67.7 cm³/mol. The minimum atomic E-state index is 0. The van der Waals surface area contributed by atoms with Gasteiger partial charge in [0.25, 0.3) is 0 Å². The second kappa shape index (κ2) is 5.87. The summed E-state index contributed by atoms with van der Waals surface area (Å²) in [6.07, 6.45) is 2.36. The third kappa shape index (κ3) is 2.89. The van der Waals surface area contributed by atoms with Crippen LogP contribution in [0.25, 0.3) is 0 Å². The minimum Gasteiger partial charge on any atom is -0.342 e. The van der Waals surface area contributed by atoms with Crippen LogP contribution < -0.4 is 5.32 Å². The summed E-state index contributed by atoms with van der Waals surface area (Å²) in [5, 5.41) is 3.24. The molecule has 0 bridgehead atoms. The van der Waals surface area contributed by atoms with E-state index in [1.807, 2.05) is 0 Å². The van der Waals surface area contributed by atoms with Gasteiger partial charge >= 0.3 is 0 Å². The Morgan fingerprint density at radius 3 is 2.31 bits per heavy atom. The highest BCUT2D eigenvalue weighted by Crippen LogP contribution is 2.22. The molecule has 2 heterocycles. The first-order valence-corrected chi connectivity index (χ1v) is 6.18. The van der Waals surface area contributed by atoms with Crippen molar-refractivity contribution in [2.24, 2.45) is 17.8 Å². The van der Waals surface area contributed by atoms with Gasteiger partial charge < -0.3 is 10.2 Å². The lowest BCUT2D eigenvalue weighted by atomic mass is 9.87. The highest BCUT2D eigenvalue weighted by atomic mass is 35.5. The third-order valence-corrected chi connectivity index (χ3v) is 4.00. The van der Waals surface area contributed by atoms with E-state index in [1.165, 1.54) is 12.8 Å². The van der Waals surface area contributed by atoms with Crippen molar-refractivity contribution in [1.82, 2.24) is 10.2 Å². The number of amides is 1. The van der Waals surface area contributed by atoms with E-state index in [2.05, 4.69) is 24.1 Å². The second-order valence-electron chi connectivity index (χ2n) is 5.21. The standard InChI is InChI=1S/C12H22N2O.ClH/c1-9-3-5-14(6-4-9)12(15)10(2)11-7-13-8-11;/h9-11,13H,3-8H2,1-2H3;1H. The van der Waals surface area contributed by atoms with Gasteiger partial charge in [-0.2, -0.15) is 0 Å². The molecule has 2 aliphatic rings. The second-order valence-corrected chi connectivity index (χ2v) is 5.21. The van der Waals surface area contributed by atoms with E-state index in [0.717, 1.165) is 32.1 Å². The van der Waals surface area contributed by atoms with Gasteiger partial charge in [0.1, 0.15) is 0 Å². The highest BCUT2D eigenvalue weighted by molar-refractivity contribution is 5.85. The Bertz CT molecular complexity index is 235. The molecule has 4 heteroatoms. The summed E-state index contributed by atoms with van der Waals surface area (Å²) in [7, 11) is 0. The zero-order valence-corrected chi connectivity index (χ0v) is 11.1. The van der Waals surface area contributed by atoms with Crippen molar-refractivity contribution in [2.45, 2.75) is 26.7 Å². The maximum absolute atomic E-state index is 12.1. The third-order valence-electron chi connectivity index (χ3n) is 4.00. The predicted octanol–water partition coefficient (Wildman–Crippen LogP) is 1.52. The fourth-order valence-corrected chi connectivity index (χ4v) is 2.38. The average molecular weight is 247 g/mol. The van der Waals surface area contributed by atoms with Crippen molar-refractivity contribution in [3.8, 4) is 0 Å². The number of piperidine rings is 1. The first-order valence-electron chi connectivity index (χ1n) is 6.18. The summed E-state index contributed by atoms with van der Waals surface area (Å²) >= 11 is 0.